The number of hydrogen-bond acceptors (Lipinski definition) is 5. The number of hydrogen-bond donors (Lipinski definition) is 0. The average molecular weight is 433 g/mol. The molecule has 0 bridgehead atoms. The third-order valence-corrected chi connectivity index (χ3v) is 5.84. The Morgan fingerprint density at radius 1 is 0.969 bits per heavy atom. The molecule has 1 aromatic carbocycles. The van der Waals surface area contributed by atoms with Crippen molar-refractivity contribution < 1.29 is 4.79 Å². The van der Waals surface area contributed by atoms with Gasteiger partial charge in [0.05, 0.1) is 12.2 Å². The normalized spacial score (nSPS) is 14.3. The smallest absolute Gasteiger partial charge is 0.253 e. The summed E-state index contributed by atoms with van der Waals surface area (Å²) in [6.45, 7) is 8.65. The van der Waals surface area contributed by atoms with Gasteiger partial charge < -0.3 is 14.7 Å². The maximum atomic E-state index is 13.0. The van der Waals surface area contributed by atoms with Crippen molar-refractivity contribution >= 4 is 11.7 Å². The van der Waals surface area contributed by atoms with Crippen molar-refractivity contribution in [3.63, 3.8) is 0 Å². The number of benzene rings is 1. The minimum absolute atomic E-state index is 0.0941. The molecular weight excluding hydrogens is 400 g/mol. The number of nitrogens with zero attached hydrogens (tertiary/aromatic N) is 6. The largest absolute Gasteiger partial charge is 0.353 e. The highest BCUT2D eigenvalue weighted by Gasteiger charge is 2.23. The van der Waals surface area contributed by atoms with Crippen LogP contribution in [0.2, 0.25) is 0 Å². The molecule has 7 nitrogen and oxygen atoms in total. The highest BCUT2D eigenvalue weighted by atomic mass is 16.2. The quantitative estimate of drug-likeness (QED) is 0.599. The molecule has 0 atom stereocenters. The molecule has 0 radical (unpaired) electrons. The lowest BCUT2D eigenvalue weighted by Gasteiger charge is -2.35. The molecule has 0 spiro atoms. The molecule has 0 unspecified atom stereocenters. The van der Waals surface area contributed by atoms with E-state index in [4.69, 9.17) is 0 Å². The molecule has 4 rings (SSSR count). The fourth-order valence-electron chi connectivity index (χ4n) is 4.14. The van der Waals surface area contributed by atoms with Crippen molar-refractivity contribution in [2.75, 3.05) is 45.2 Å². The molecular formula is C25H32N6O. The van der Waals surface area contributed by atoms with Crippen LogP contribution in [0.3, 0.4) is 0 Å². The summed E-state index contributed by atoms with van der Waals surface area (Å²) in [5.74, 6) is 1.07. The van der Waals surface area contributed by atoms with E-state index in [0.29, 0.717) is 19.6 Å². The maximum absolute atomic E-state index is 13.0. The molecule has 1 amide bonds. The van der Waals surface area contributed by atoms with Crippen LogP contribution in [-0.2, 0) is 13.1 Å². The van der Waals surface area contributed by atoms with Crippen LogP contribution in [0.25, 0.3) is 0 Å². The van der Waals surface area contributed by atoms with Gasteiger partial charge in [0, 0.05) is 50.2 Å². The fourth-order valence-corrected chi connectivity index (χ4v) is 4.14. The highest BCUT2D eigenvalue weighted by molar-refractivity contribution is 5.94. The first kappa shape index (κ1) is 22.0. The van der Waals surface area contributed by atoms with Gasteiger partial charge in [-0.2, -0.15) is 5.10 Å². The Hall–Kier alpha value is -3.19. The van der Waals surface area contributed by atoms with Crippen molar-refractivity contribution in [2.45, 2.75) is 26.9 Å². The number of carbonyl (C=O) groups excluding carboxylic acids is 1. The van der Waals surface area contributed by atoms with Crippen molar-refractivity contribution in [1.29, 1.82) is 0 Å². The molecule has 2 aromatic heterocycles. The second kappa shape index (κ2) is 9.53. The summed E-state index contributed by atoms with van der Waals surface area (Å²) in [7, 11) is 4.11. The standard InChI is InChI=1S/C25H32N6O/c1-19-15-20(2)31(27-19)18-21-5-8-23(9-6-21)25(32)30-13-11-29(12-14-30)24-10-7-22(16-26-24)17-28(3)4/h5-10,15-16H,11-14,17-18H2,1-4H3. The lowest BCUT2D eigenvalue weighted by Crippen LogP contribution is -2.49. The van der Waals surface area contributed by atoms with E-state index in [-0.39, 0.29) is 5.91 Å². The van der Waals surface area contributed by atoms with Crippen molar-refractivity contribution in [3.8, 4) is 0 Å². The Kier molecular flexibility index (Phi) is 6.55. The van der Waals surface area contributed by atoms with Gasteiger partial charge in [0.25, 0.3) is 5.91 Å². The van der Waals surface area contributed by atoms with Crippen LogP contribution in [0.15, 0.2) is 48.7 Å². The molecule has 1 aliphatic rings. The van der Waals surface area contributed by atoms with Crippen LogP contribution in [0.1, 0.15) is 32.9 Å². The van der Waals surface area contributed by atoms with Crippen molar-refractivity contribution in [3.05, 3.63) is 76.7 Å². The number of amides is 1. The maximum Gasteiger partial charge on any atom is 0.253 e. The van der Waals surface area contributed by atoms with Gasteiger partial charge in [-0.15, -0.1) is 0 Å². The average Bonchev–Trinajstić information content (AvgIpc) is 3.10. The Morgan fingerprint density at radius 3 is 2.22 bits per heavy atom. The number of piperazine rings is 1. The summed E-state index contributed by atoms with van der Waals surface area (Å²) in [6.07, 6.45) is 1.94. The summed E-state index contributed by atoms with van der Waals surface area (Å²) < 4.78 is 1.99. The molecule has 0 aliphatic carbocycles. The van der Waals surface area contributed by atoms with E-state index in [0.717, 1.165) is 48.0 Å². The number of carbonyl (C=O) groups is 1. The molecule has 3 heterocycles. The zero-order chi connectivity index (χ0) is 22.7. The van der Waals surface area contributed by atoms with Crippen LogP contribution >= 0.6 is 0 Å². The Labute approximate surface area is 190 Å². The number of pyridine rings is 1. The zero-order valence-electron chi connectivity index (χ0n) is 19.5. The molecule has 1 aliphatic heterocycles. The van der Waals surface area contributed by atoms with E-state index in [1.54, 1.807) is 0 Å². The summed E-state index contributed by atoms with van der Waals surface area (Å²) in [5.41, 5.74) is 5.24. The molecule has 168 valence electrons. The third kappa shape index (κ3) is 5.16. The van der Waals surface area contributed by atoms with E-state index in [1.807, 2.05) is 47.0 Å². The number of aryl methyl sites for hydroxylation is 2. The Balaban J connectivity index is 1.32. The second-order valence-electron chi connectivity index (χ2n) is 8.82. The Morgan fingerprint density at radius 2 is 1.66 bits per heavy atom. The van der Waals surface area contributed by atoms with Crippen LogP contribution in [-0.4, -0.2) is 70.7 Å². The third-order valence-electron chi connectivity index (χ3n) is 5.84. The van der Waals surface area contributed by atoms with Gasteiger partial charge in [-0.1, -0.05) is 18.2 Å². The van der Waals surface area contributed by atoms with E-state index < -0.39 is 0 Å². The van der Waals surface area contributed by atoms with Gasteiger partial charge in [0.1, 0.15) is 5.82 Å². The number of aromatic nitrogens is 3. The van der Waals surface area contributed by atoms with Gasteiger partial charge in [-0.25, -0.2) is 4.98 Å². The number of rotatable bonds is 6. The minimum Gasteiger partial charge on any atom is -0.353 e. The monoisotopic (exact) mass is 432 g/mol. The van der Waals surface area contributed by atoms with Crippen LogP contribution in [0.5, 0.6) is 0 Å². The summed E-state index contributed by atoms with van der Waals surface area (Å²) in [6, 6.07) is 14.2. The number of anilines is 1. The fraction of sp³-hybridized carbons (Fsp3) is 0.400. The van der Waals surface area contributed by atoms with Crippen LogP contribution in [0, 0.1) is 13.8 Å². The topological polar surface area (TPSA) is 57.5 Å². The highest BCUT2D eigenvalue weighted by Crippen LogP contribution is 2.17. The van der Waals surface area contributed by atoms with E-state index in [1.165, 1.54) is 5.56 Å². The van der Waals surface area contributed by atoms with Crippen molar-refractivity contribution in [1.82, 2.24) is 24.6 Å². The SMILES string of the molecule is Cc1cc(C)n(Cc2ccc(C(=O)N3CCN(c4ccc(CN(C)C)cn4)CC3)cc2)n1. The summed E-state index contributed by atoms with van der Waals surface area (Å²) >= 11 is 0. The summed E-state index contributed by atoms with van der Waals surface area (Å²) in [4.78, 5) is 23.9. The molecule has 7 heteroatoms. The molecule has 1 fully saturated rings. The molecule has 0 N–H and O–H groups in total. The first-order valence-electron chi connectivity index (χ1n) is 11.1. The molecule has 3 aromatic rings. The second-order valence-corrected chi connectivity index (χ2v) is 8.82. The summed E-state index contributed by atoms with van der Waals surface area (Å²) in [5, 5.41) is 4.52. The molecule has 0 saturated carbocycles. The van der Waals surface area contributed by atoms with E-state index >= 15 is 0 Å². The van der Waals surface area contributed by atoms with Gasteiger partial charge in [-0.3, -0.25) is 9.48 Å². The minimum atomic E-state index is 0.0941. The van der Waals surface area contributed by atoms with Crippen LogP contribution in [0.4, 0.5) is 5.82 Å². The lowest BCUT2D eigenvalue weighted by atomic mass is 10.1. The van der Waals surface area contributed by atoms with E-state index in [2.05, 4.69) is 59.1 Å². The molecule has 1 saturated heterocycles. The van der Waals surface area contributed by atoms with Gasteiger partial charge >= 0.3 is 0 Å². The van der Waals surface area contributed by atoms with Crippen molar-refractivity contribution in [2.24, 2.45) is 0 Å². The van der Waals surface area contributed by atoms with E-state index in [9.17, 15) is 4.79 Å². The van der Waals surface area contributed by atoms with Gasteiger partial charge in [0.2, 0.25) is 0 Å². The predicted molar refractivity (Wildman–Crippen MR) is 127 cm³/mol. The lowest BCUT2D eigenvalue weighted by molar-refractivity contribution is 0.0746. The van der Waals surface area contributed by atoms with Gasteiger partial charge in [-0.05, 0) is 63.3 Å². The van der Waals surface area contributed by atoms with Gasteiger partial charge in [0.15, 0.2) is 0 Å². The van der Waals surface area contributed by atoms with Crippen LogP contribution < -0.4 is 4.90 Å². The zero-order valence-corrected chi connectivity index (χ0v) is 19.5. The first-order valence-corrected chi connectivity index (χ1v) is 11.1. The predicted octanol–water partition coefficient (Wildman–Crippen LogP) is 2.97. The first-order chi connectivity index (χ1) is 15.4. The Bertz CT molecular complexity index is 1050. The molecule has 32 heavy (non-hydrogen) atoms.